The molecule has 0 spiro atoms. The van der Waals surface area contributed by atoms with Gasteiger partial charge in [-0.2, -0.15) is 0 Å². The zero-order chi connectivity index (χ0) is 24.9. The van der Waals surface area contributed by atoms with Gasteiger partial charge in [-0.1, -0.05) is 65.8 Å². The molecule has 0 aliphatic carbocycles. The Hall–Kier alpha value is -1.34. The molecular weight excluding hydrogens is 508 g/mol. The van der Waals surface area contributed by atoms with Crippen LogP contribution in [-0.2, 0) is 9.16 Å². The molecule has 6 heteroatoms. The van der Waals surface area contributed by atoms with E-state index >= 15 is 0 Å². The predicted octanol–water partition coefficient (Wildman–Crippen LogP) is 8.62. The molecule has 4 nitrogen and oxygen atoms in total. The molecule has 0 fully saturated rings. The molecule has 0 saturated heterocycles. The van der Waals surface area contributed by atoms with E-state index in [1.165, 1.54) is 0 Å². The van der Waals surface area contributed by atoms with E-state index in [1.807, 2.05) is 24.3 Å². The zero-order valence-electron chi connectivity index (χ0n) is 21.8. The molecule has 2 atom stereocenters. The van der Waals surface area contributed by atoms with Crippen LogP contribution in [-0.4, -0.2) is 28.1 Å². The minimum Gasteiger partial charge on any atom is -0.488 e. The number of halogens is 1. The average molecular weight is 550 g/mol. The fraction of sp³-hybridized carbons (Fsp3) is 0.571. The number of rotatable bonds is 12. The van der Waals surface area contributed by atoms with Crippen molar-refractivity contribution in [3.8, 4) is 11.5 Å². The van der Waals surface area contributed by atoms with Crippen molar-refractivity contribution in [3.05, 3.63) is 58.1 Å². The van der Waals surface area contributed by atoms with Gasteiger partial charge in [-0.3, -0.25) is 0 Å². The van der Waals surface area contributed by atoms with Crippen LogP contribution in [0.15, 0.2) is 46.9 Å². The first-order valence-corrected chi connectivity index (χ1v) is 15.6. The Balaban J connectivity index is 1.65. The second-order valence-electron chi connectivity index (χ2n) is 10.0. The Kier molecular flexibility index (Phi) is 9.67. The summed E-state index contributed by atoms with van der Waals surface area (Å²) >= 11 is 3.55. The molecule has 2 aromatic rings. The summed E-state index contributed by atoms with van der Waals surface area (Å²) in [5.41, 5.74) is 3.99. The highest BCUT2D eigenvalue weighted by atomic mass is 79.9. The molecule has 1 heterocycles. The van der Waals surface area contributed by atoms with Gasteiger partial charge in [0.25, 0.3) is 0 Å². The molecular formula is C28H41BrO4Si. The van der Waals surface area contributed by atoms with Gasteiger partial charge in [0.1, 0.15) is 18.1 Å². The highest BCUT2D eigenvalue weighted by Gasteiger charge is 2.45. The van der Waals surface area contributed by atoms with Crippen molar-refractivity contribution in [1.29, 1.82) is 0 Å². The summed E-state index contributed by atoms with van der Waals surface area (Å²) in [6.45, 7) is 18.0. The van der Waals surface area contributed by atoms with Crippen molar-refractivity contribution in [3.63, 3.8) is 0 Å². The van der Waals surface area contributed by atoms with Crippen molar-refractivity contribution in [2.75, 3.05) is 19.8 Å². The Morgan fingerprint density at radius 1 is 0.971 bits per heavy atom. The molecule has 0 amide bonds. The van der Waals surface area contributed by atoms with Crippen molar-refractivity contribution in [1.82, 2.24) is 0 Å². The highest BCUT2D eigenvalue weighted by molar-refractivity contribution is 9.10. The van der Waals surface area contributed by atoms with Gasteiger partial charge in [0.15, 0.2) is 14.4 Å². The monoisotopic (exact) mass is 548 g/mol. The zero-order valence-corrected chi connectivity index (χ0v) is 24.4. The number of benzene rings is 2. The average Bonchev–Trinajstić information content (AvgIpc) is 3.20. The first kappa shape index (κ1) is 27.2. The molecule has 0 saturated carbocycles. The number of hydrogen-bond acceptors (Lipinski definition) is 4. The van der Waals surface area contributed by atoms with Gasteiger partial charge in [-0.15, -0.1) is 0 Å². The van der Waals surface area contributed by atoms with Gasteiger partial charge < -0.3 is 18.6 Å². The van der Waals surface area contributed by atoms with E-state index in [0.717, 1.165) is 40.1 Å². The maximum absolute atomic E-state index is 6.78. The van der Waals surface area contributed by atoms with Crippen LogP contribution in [0, 0.1) is 0 Å². The summed E-state index contributed by atoms with van der Waals surface area (Å²) in [5, 5.41) is 0. The van der Waals surface area contributed by atoms with Crippen LogP contribution in [0.1, 0.15) is 78.2 Å². The van der Waals surface area contributed by atoms with Crippen LogP contribution in [0.25, 0.3) is 0 Å². The van der Waals surface area contributed by atoms with Gasteiger partial charge in [0, 0.05) is 18.8 Å². The van der Waals surface area contributed by atoms with Crippen LogP contribution in [0.5, 0.6) is 11.5 Å². The van der Waals surface area contributed by atoms with Crippen molar-refractivity contribution >= 4 is 24.2 Å². The second kappa shape index (κ2) is 12.1. The van der Waals surface area contributed by atoms with Crippen LogP contribution < -0.4 is 9.47 Å². The minimum absolute atomic E-state index is 0.0173. The highest BCUT2D eigenvalue weighted by Crippen LogP contribution is 2.43. The SMILES string of the molecule is CCO[C@@H](CCO[Si](C(C)C)(C(C)C)C(C)C)c1ccc(O[C@@H]2COc3c(Br)cccc32)cc1. The largest absolute Gasteiger partial charge is 0.488 e. The maximum atomic E-state index is 6.78. The van der Waals surface area contributed by atoms with Gasteiger partial charge in [0.05, 0.1) is 10.6 Å². The molecule has 0 radical (unpaired) electrons. The van der Waals surface area contributed by atoms with Crippen LogP contribution in [0.3, 0.4) is 0 Å². The number of fused-ring (bicyclic) bond motifs is 1. The third kappa shape index (κ3) is 5.89. The minimum atomic E-state index is -1.87. The molecule has 1 aliphatic rings. The fourth-order valence-electron chi connectivity index (χ4n) is 5.59. The molecule has 0 bridgehead atoms. The molecule has 0 N–H and O–H groups in total. The van der Waals surface area contributed by atoms with E-state index in [4.69, 9.17) is 18.6 Å². The molecule has 0 unspecified atom stereocenters. The summed E-state index contributed by atoms with van der Waals surface area (Å²) in [7, 11) is -1.87. The smallest absolute Gasteiger partial charge is 0.200 e. The van der Waals surface area contributed by atoms with Crippen molar-refractivity contribution in [2.45, 2.75) is 83.7 Å². The maximum Gasteiger partial charge on any atom is 0.200 e. The second-order valence-corrected chi connectivity index (χ2v) is 16.4. The molecule has 0 aromatic heterocycles. The third-order valence-corrected chi connectivity index (χ3v) is 13.8. The predicted molar refractivity (Wildman–Crippen MR) is 145 cm³/mol. The normalized spacial score (nSPS) is 16.7. The van der Waals surface area contributed by atoms with E-state index in [0.29, 0.717) is 29.8 Å². The number of para-hydroxylation sites is 1. The first-order valence-electron chi connectivity index (χ1n) is 12.6. The van der Waals surface area contributed by atoms with E-state index < -0.39 is 8.32 Å². The molecule has 1 aliphatic heterocycles. The molecule has 188 valence electrons. The summed E-state index contributed by atoms with van der Waals surface area (Å²) < 4.78 is 26.0. The lowest BCUT2D eigenvalue weighted by Crippen LogP contribution is -2.48. The van der Waals surface area contributed by atoms with Gasteiger partial charge in [0.2, 0.25) is 0 Å². The summed E-state index contributed by atoms with van der Waals surface area (Å²) in [6.07, 6.45) is 0.770. The molecule has 34 heavy (non-hydrogen) atoms. The summed E-state index contributed by atoms with van der Waals surface area (Å²) in [4.78, 5) is 0. The van der Waals surface area contributed by atoms with E-state index in [-0.39, 0.29) is 12.2 Å². The van der Waals surface area contributed by atoms with Crippen LogP contribution in [0.2, 0.25) is 16.6 Å². The number of ether oxygens (including phenoxy) is 3. The van der Waals surface area contributed by atoms with Gasteiger partial charge in [-0.25, -0.2) is 0 Å². The van der Waals surface area contributed by atoms with E-state index in [9.17, 15) is 0 Å². The van der Waals surface area contributed by atoms with E-state index in [2.05, 4.69) is 82.6 Å². The first-order chi connectivity index (χ1) is 16.2. The van der Waals surface area contributed by atoms with Crippen LogP contribution in [0.4, 0.5) is 0 Å². The lowest BCUT2D eigenvalue weighted by Gasteiger charge is -2.42. The van der Waals surface area contributed by atoms with Crippen molar-refractivity contribution in [2.24, 2.45) is 0 Å². The Labute approximate surface area is 215 Å². The Morgan fingerprint density at radius 3 is 2.21 bits per heavy atom. The van der Waals surface area contributed by atoms with Gasteiger partial charge >= 0.3 is 0 Å². The molecule has 3 rings (SSSR count). The summed E-state index contributed by atoms with van der Waals surface area (Å²) in [6, 6.07) is 14.4. The van der Waals surface area contributed by atoms with Crippen LogP contribution >= 0.6 is 15.9 Å². The Morgan fingerprint density at radius 2 is 1.62 bits per heavy atom. The standard InChI is InChI=1S/C28H41BrO4Si/c1-8-30-26(16-17-32-34(19(2)3,20(4)5)21(6)7)22-12-14-23(15-13-22)33-27-18-31-28-24(27)10-9-11-25(28)29/h9-15,19-21,26-27H,8,16-18H2,1-7H3/t26-,27+/m0/s1. The number of hydrogen-bond donors (Lipinski definition) is 0. The Bertz CT molecular complexity index is 891. The van der Waals surface area contributed by atoms with Gasteiger partial charge in [-0.05, 0) is 69.7 Å². The topological polar surface area (TPSA) is 36.9 Å². The summed E-state index contributed by atoms with van der Waals surface area (Å²) in [5.74, 6) is 1.71. The fourth-order valence-corrected chi connectivity index (χ4v) is 11.6. The van der Waals surface area contributed by atoms with Crippen molar-refractivity contribution < 1.29 is 18.6 Å². The van der Waals surface area contributed by atoms with E-state index in [1.54, 1.807) is 0 Å². The lowest BCUT2D eigenvalue weighted by molar-refractivity contribution is 0.0439. The third-order valence-electron chi connectivity index (χ3n) is 7.06. The quantitative estimate of drug-likeness (QED) is 0.248. The lowest BCUT2D eigenvalue weighted by atomic mass is 10.1. The molecule has 2 aromatic carbocycles.